The molecule has 5 nitrogen and oxygen atoms in total. The first-order valence-corrected chi connectivity index (χ1v) is 5.61. The van der Waals surface area contributed by atoms with Crippen LogP contribution in [0.3, 0.4) is 0 Å². The Labute approximate surface area is 115 Å². The van der Waals surface area contributed by atoms with Gasteiger partial charge in [-0.25, -0.2) is 4.39 Å². The molecule has 2 rings (SSSR count). The van der Waals surface area contributed by atoms with Crippen molar-refractivity contribution < 1.29 is 26.9 Å². The fourth-order valence-electron chi connectivity index (χ4n) is 1.58. The molecule has 0 aliphatic heterocycles. The highest BCUT2D eigenvalue weighted by molar-refractivity contribution is 5.48. The molecule has 0 aliphatic carbocycles. The van der Waals surface area contributed by atoms with Crippen LogP contribution >= 0.6 is 0 Å². The lowest BCUT2D eigenvalue weighted by molar-refractivity contribution is -0.402. The van der Waals surface area contributed by atoms with Crippen molar-refractivity contribution >= 4 is 11.6 Å². The molecule has 0 saturated carbocycles. The van der Waals surface area contributed by atoms with Crippen LogP contribution in [0, 0.1) is 15.9 Å². The number of furan rings is 1. The van der Waals surface area contributed by atoms with Crippen LogP contribution in [0.5, 0.6) is 0 Å². The normalized spacial score (nSPS) is 11.4. The second-order valence-electron chi connectivity index (χ2n) is 4.04. The highest BCUT2D eigenvalue weighted by Gasteiger charge is 2.31. The molecule has 1 aromatic heterocycles. The van der Waals surface area contributed by atoms with Crippen molar-refractivity contribution in [1.82, 2.24) is 0 Å². The van der Waals surface area contributed by atoms with Crippen LogP contribution in [-0.4, -0.2) is 4.92 Å². The van der Waals surface area contributed by atoms with Gasteiger partial charge < -0.3 is 9.73 Å². The van der Waals surface area contributed by atoms with Crippen LogP contribution in [-0.2, 0) is 12.7 Å². The molecule has 0 spiro atoms. The third kappa shape index (κ3) is 3.50. The van der Waals surface area contributed by atoms with Crippen molar-refractivity contribution in [2.75, 3.05) is 5.32 Å². The van der Waals surface area contributed by atoms with Crippen molar-refractivity contribution in [3.63, 3.8) is 0 Å². The van der Waals surface area contributed by atoms with Crippen LogP contribution in [0.4, 0.5) is 29.1 Å². The van der Waals surface area contributed by atoms with Crippen molar-refractivity contribution in [2.24, 2.45) is 0 Å². The van der Waals surface area contributed by atoms with Gasteiger partial charge in [-0.1, -0.05) is 0 Å². The maximum absolute atomic E-state index is 13.4. The summed E-state index contributed by atoms with van der Waals surface area (Å²) in [5.41, 5.74) is -1.37. The molecular weight excluding hydrogens is 296 g/mol. The summed E-state index contributed by atoms with van der Waals surface area (Å²) in [5.74, 6) is -1.28. The zero-order valence-electron chi connectivity index (χ0n) is 10.3. The van der Waals surface area contributed by atoms with E-state index in [9.17, 15) is 27.7 Å². The van der Waals surface area contributed by atoms with Gasteiger partial charge in [0.15, 0.2) is 0 Å². The van der Waals surface area contributed by atoms with Crippen molar-refractivity contribution in [1.29, 1.82) is 0 Å². The Hall–Kier alpha value is -2.58. The quantitative estimate of drug-likeness (QED) is 0.527. The van der Waals surface area contributed by atoms with E-state index in [1.165, 1.54) is 6.07 Å². The van der Waals surface area contributed by atoms with Gasteiger partial charge in [0.2, 0.25) is 0 Å². The molecule has 0 amide bonds. The summed E-state index contributed by atoms with van der Waals surface area (Å²) in [6.07, 6.45) is -4.59. The number of alkyl halides is 3. The van der Waals surface area contributed by atoms with Gasteiger partial charge in [0, 0.05) is 0 Å². The largest absolute Gasteiger partial charge is 0.433 e. The molecule has 1 aromatic carbocycles. The second kappa shape index (κ2) is 5.43. The molecule has 1 heterocycles. The predicted molar refractivity (Wildman–Crippen MR) is 64.1 cm³/mol. The average molecular weight is 304 g/mol. The zero-order valence-corrected chi connectivity index (χ0v) is 10.3. The van der Waals surface area contributed by atoms with E-state index in [1.807, 2.05) is 0 Å². The van der Waals surface area contributed by atoms with E-state index in [0.29, 0.717) is 18.2 Å². The molecule has 0 unspecified atom stereocenters. The van der Waals surface area contributed by atoms with E-state index in [1.54, 1.807) is 0 Å². The fourth-order valence-corrected chi connectivity index (χ4v) is 1.58. The molecular formula is C12H8F4N2O3. The van der Waals surface area contributed by atoms with Gasteiger partial charge in [0.25, 0.3) is 0 Å². The van der Waals surface area contributed by atoms with Crippen LogP contribution in [0.25, 0.3) is 0 Å². The molecule has 0 atom stereocenters. The Balaban J connectivity index is 2.13. The minimum Gasteiger partial charge on any atom is -0.404 e. The first kappa shape index (κ1) is 14.8. The fraction of sp³-hybridized carbons (Fsp3) is 0.167. The second-order valence-corrected chi connectivity index (χ2v) is 4.04. The van der Waals surface area contributed by atoms with E-state index in [-0.39, 0.29) is 18.0 Å². The highest BCUT2D eigenvalue weighted by Crippen LogP contribution is 2.32. The van der Waals surface area contributed by atoms with Gasteiger partial charge in [-0.15, -0.1) is 0 Å². The smallest absolute Gasteiger partial charge is 0.404 e. The van der Waals surface area contributed by atoms with Gasteiger partial charge in [-0.05, 0) is 24.3 Å². The molecule has 0 radical (unpaired) electrons. The van der Waals surface area contributed by atoms with Gasteiger partial charge in [-0.3, -0.25) is 10.1 Å². The van der Waals surface area contributed by atoms with E-state index < -0.39 is 28.4 Å². The lowest BCUT2D eigenvalue weighted by atomic mass is 10.2. The number of hydrogen-bond donors (Lipinski definition) is 1. The SMILES string of the molecule is O=[N+]([O-])c1ccc(CNc2cc(C(F)(F)F)ccc2F)o1. The number of anilines is 1. The Bertz CT molecular complexity index is 667. The summed E-state index contributed by atoms with van der Waals surface area (Å²) in [6.45, 7) is -0.188. The van der Waals surface area contributed by atoms with Gasteiger partial charge in [0.05, 0.1) is 23.9 Å². The Kier molecular flexibility index (Phi) is 3.83. The highest BCUT2D eigenvalue weighted by atomic mass is 19.4. The summed E-state index contributed by atoms with van der Waals surface area (Å²) in [4.78, 5) is 9.65. The lowest BCUT2D eigenvalue weighted by Crippen LogP contribution is -2.07. The molecule has 2 aromatic rings. The van der Waals surface area contributed by atoms with E-state index >= 15 is 0 Å². The summed E-state index contributed by atoms with van der Waals surface area (Å²) < 4.78 is 55.8. The van der Waals surface area contributed by atoms with Gasteiger partial charge in [-0.2, -0.15) is 13.2 Å². The minimum atomic E-state index is -4.59. The van der Waals surface area contributed by atoms with Crippen LogP contribution < -0.4 is 5.32 Å². The topological polar surface area (TPSA) is 68.3 Å². The van der Waals surface area contributed by atoms with E-state index in [0.717, 1.165) is 6.07 Å². The molecule has 112 valence electrons. The number of nitro groups is 1. The van der Waals surface area contributed by atoms with Crippen LogP contribution in [0.1, 0.15) is 11.3 Å². The number of hydrogen-bond acceptors (Lipinski definition) is 4. The number of nitrogens with zero attached hydrogens (tertiary/aromatic N) is 1. The van der Waals surface area contributed by atoms with Gasteiger partial charge in [0.1, 0.15) is 16.5 Å². The molecule has 1 N–H and O–H groups in total. The van der Waals surface area contributed by atoms with Crippen LogP contribution in [0.15, 0.2) is 34.7 Å². The number of nitrogens with one attached hydrogen (secondary N) is 1. The molecule has 0 aliphatic rings. The van der Waals surface area contributed by atoms with Crippen molar-refractivity contribution in [3.05, 3.63) is 57.6 Å². The molecule has 9 heteroatoms. The molecule has 21 heavy (non-hydrogen) atoms. The third-order valence-electron chi connectivity index (χ3n) is 2.57. The van der Waals surface area contributed by atoms with E-state index in [4.69, 9.17) is 4.42 Å². The summed E-state index contributed by atoms with van der Waals surface area (Å²) >= 11 is 0. The Morgan fingerprint density at radius 3 is 2.52 bits per heavy atom. The molecule has 0 bridgehead atoms. The molecule has 0 saturated heterocycles. The number of rotatable bonds is 4. The maximum atomic E-state index is 13.4. The summed E-state index contributed by atoms with van der Waals surface area (Å²) in [7, 11) is 0. The lowest BCUT2D eigenvalue weighted by Gasteiger charge is -2.10. The molecule has 0 fully saturated rings. The first-order valence-electron chi connectivity index (χ1n) is 5.61. The van der Waals surface area contributed by atoms with E-state index in [2.05, 4.69) is 5.32 Å². The number of benzene rings is 1. The average Bonchev–Trinajstić information content (AvgIpc) is 2.85. The Morgan fingerprint density at radius 2 is 1.95 bits per heavy atom. The van der Waals surface area contributed by atoms with Gasteiger partial charge >= 0.3 is 12.1 Å². The third-order valence-corrected chi connectivity index (χ3v) is 2.57. The number of halogens is 4. The standard InChI is InChI=1S/C12H8F4N2O3/c13-9-3-1-7(12(14,15)16)5-10(9)17-6-8-2-4-11(21-8)18(19)20/h1-5,17H,6H2. The van der Waals surface area contributed by atoms with Crippen LogP contribution in [0.2, 0.25) is 0 Å². The van der Waals surface area contributed by atoms with Crippen molar-refractivity contribution in [3.8, 4) is 0 Å². The minimum absolute atomic E-state index is 0.0958. The monoisotopic (exact) mass is 304 g/mol. The first-order chi connectivity index (χ1) is 9.77. The summed E-state index contributed by atoms with van der Waals surface area (Å²) in [5, 5.41) is 12.8. The summed E-state index contributed by atoms with van der Waals surface area (Å²) in [6, 6.07) is 4.30. The Morgan fingerprint density at radius 1 is 1.24 bits per heavy atom. The predicted octanol–water partition coefficient (Wildman–Crippen LogP) is 3.96. The zero-order chi connectivity index (χ0) is 15.6. The maximum Gasteiger partial charge on any atom is 0.433 e. The van der Waals surface area contributed by atoms with Crippen molar-refractivity contribution in [2.45, 2.75) is 12.7 Å².